The van der Waals surface area contributed by atoms with Crippen molar-refractivity contribution < 1.29 is 31.8 Å². The summed E-state index contributed by atoms with van der Waals surface area (Å²) in [5.74, 6) is -2.47. The lowest BCUT2D eigenvalue weighted by Gasteiger charge is -2.16. The molecule has 0 amide bonds. The molecule has 1 aromatic heterocycles. The molecule has 0 spiro atoms. The van der Waals surface area contributed by atoms with Crippen molar-refractivity contribution in [3.05, 3.63) is 85.9 Å². The number of carbonyl (C=O) groups is 1. The third kappa shape index (κ3) is 4.33. The van der Waals surface area contributed by atoms with Gasteiger partial charge in [-0.2, -0.15) is 18.4 Å². The number of halogens is 4. The summed E-state index contributed by atoms with van der Waals surface area (Å²) in [7, 11) is 1.90. The van der Waals surface area contributed by atoms with E-state index < -0.39 is 40.6 Å². The van der Waals surface area contributed by atoms with Gasteiger partial charge in [0.2, 0.25) is 0 Å². The summed E-state index contributed by atoms with van der Waals surface area (Å²) < 4.78 is 64.5. The summed E-state index contributed by atoms with van der Waals surface area (Å²) in [6.45, 7) is 0. The van der Waals surface area contributed by atoms with Crippen LogP contribution in [0.5, 0.6) is 11.5 Å². The van der Waals surface area contributed by atoms with Gasteiger partial charge in [-0.1, -0.05) is 12.1 Å². The smallest absolute Gasteiger partial charge is 0.431 e. The van der Waals surface area contributed by atoms with Crippen LogP contribution in [0, 0.1) is 17.1 Å². The van der Waals surface area contributed by atoms with Crippen LogP contribution in [0.1, 0.15) is 21.6 Å². The highest BCUT2D eigenvalue weighted by atomic mass is 19.4. The summed E-state index contributed by atoms with van der Waals surface area (Å²) in [5, 5.41) is 9.34. The SMILES string of the molecule is COC(=O)c1ccccc1Oc1cc(-n2c(=O)cc(C(F)(F)F)n(C)c2=O)c(F)cc1C#N. The second kappa shape index (κ2) is 8.62. The minimum atomic E-state index is -5.00. The number of hydrogen-bond acceptors (Lipinski definition) is 6. The molecule has 3 aromatic rings. The average molecular weight is 463 g/mol. The van der Waals surface area contributed by atoms with Crippen LogP contribution in [0.3, 0.4) is 0 Å². The molecule has 3 rings (SSSR count). The van der Waals surface area contributed by atoms with Gasteiger partial charge in [-0.25, -0.2) is 18.5 Å². The largest absolute Gasteiger partial charge is 0.465 e. The molecule has 0 fully saturated rings. The van der Waals surface area contributed by atoms with Gasteiger partial charge in [0.25, 0.3) is 5.56 Å². The molecule has 0 unspecified atom stereocenters. The number of nitrogens with zero attached hydrogens (tertiary/aromatic N) is 3. The van der Waals surface area contributed by atoms with Crippen molar-refractivity contribution in [1.82, 2.24) is 9.13 Å². The van der Waals surface area contributed by atoms with Gasteiger partial charge in [0, 0.05) is 19.2 Å². The minimum absolute atomic E-state index is 0.0441. The number of carbonyl (C=O) groups excluding carboxylic acids is 1. The molecule has 0 radical (unpaired) electrons. The monoisotopic (exact) mass is 463 g/mol. The van der Waals surface area contributed by atoms with Crippen molar-refractivity contribution >= 4 is 5.97 Å². The first kappa shape index (κ1) is 23.3. The van der Waals surface area contributed by atoms with Crippen molar-refractivity contribution in [1.29, 1.82) is 5.26 Å². The van der Waals surface area contributed by atoms with E-state index in [0.717, 1.165) is 20.2 Å². The number of esters is 1. The Labute approximate surface area is 182 Å². The molecule has 0 aliphatic heterocycles. The molecular formula is C21H13F4N3O5. The maximum atomic E-state index is 14.7. The molecule has 0 atom stereocenters. The Morgan fingerprint density at radius 2 is 1.76 bits per heavy atom. The number of para-hydroxylation sites is 1. The molecule has 8 nitrogen and oxygen atoms in total. The molecule has 12 heteroatoms. The van der Waals surface area contributed by atoms with E-state index in [1.165, 1.54) is 24.3 Å². The second-order valence-electron chi connectivity index (χ2n) is 6.54. The van der Waals surface area contributed by atoms with Gasteiger partial charge in [0.05, 0.1) is 18.4 Å². The minimum Gasteiger partial charge on any atom is -0.465 e. The number of nitriles is 1. The lowest BCUT2D eigenvalue weighted by atomic mass is 10.1. The third-order valence-electron chi connectivity index (χ3n) is 4.53. The van der Waals surface area contributed by atoms with E-state index in [1.807, 2.05) is 0 Å². The number of methoxy groups -OCH3 is 1. The van der Waals surface area contributed by atoms with E-state index in [-0.39, 0.29) is 37.8 Å². The standard InChI is InChI=1S/C21H13F4N3O5/c1-27-17(21(23,24)25)9-18(29)28(20(27)31)14-8-16(11(10-26)7-13(14)22)33-15-6-4-3-5-12(15)19(30)32-2/h3-9H,1-2H3. The maximum Gasteiger partial charge on any atom is 0.431 e. The highest BCUT2D eigenvalue weighted by molar-refractivity contribution is 5.92. The summed E-state index contributed by atoms with van der Waals surface area (Å²) in [4.78, 5) is 36.8. The molecule has 0 N–H and O–H groups in total. The van der Waals surface area contributed by atoms with Crippen molar-refractivity contribution in [3.8, 4) is 23.3 Å². The number of ether oxygens (including phenoxy) is 2. The Kier molecular flexibility index (Phi) is 6.08. The fourth-order valence-electron chi connectivity index (χ4n) is 2.96. The van der Waals surface area contributed by atoms with Crippen LogP contribution >= 0.6 is 0 Å². The summed E-state index contributed by atoms with van der Waals surface area (Å²) >= 11 is 0. The van der Waals surface area contributed by atoms with E-state index >= 15 is 0 Å². The fourth-order valence-corrected chi connectivity index (χ4v) is 2.96. The molecular weight excluding hydrogens is 450 g/mol. The first-order valence-electron chi connectivity index (χ1n) is 8.99. The zero-order valence-corrected chi connectivity index (χ0v) is 16.9. The van der Waals surface area contributed by atoms with Gasteiger partial charge in [-0.05, 0) is 18.2 Å². The molecule has 170 valence electrons. The van der Waals surface area contributed by atoms with Crippen LogP contribution in [0.25, 0.3) is 5.69 Å². The van der Waals surface area contributed by atoms with Gasteiger partial charge in [-0.15, -0.1) is 0 Å². The van der Waals surface area contributed by atoms with Gasteiger partial charge < -0.3 is 9.47 Å². The Balaban J connectivity index is 2.23. The predicted molar refractivity (Wildman–Crippen MR) is 105 cm³/mol. The molecule has 1 heterocycles. The van der Waals surface area contributed by atoms with Crippen molar-refractivity contribution in [3.63, 3.8) is 0 Å². The summed E-state index contributed by atoms with van der Waals surface area (Å²) in [6.07, 6.45) is -5.00. The number of alkyl halides is 3. The molecule has 0 aliphatic carbocycles. The van der Waals surface area contributed by atoms with Gasteiger partial charge in [0.15, 0.2) is 0 Å². The van der Waals surface area contributed by atoms with Crippen LogP contribution in [0.15, 0.2) is 52.1 Å². The number of hydrogen-bond donors (Lipinski definition) is 0. The van der Waals surface area contributed by atoms with Gasteiger partial charge in [-0.3, -0.25) is 9.36 Å². The van der Waals surface area contributed by atoms with E-state index in [4.69, 9.17) is 4.74 Å². The lowest BCUT2D eigenvalue weighted by Crippen LogP contribution is -2.41. The topological polar surface area (TPSA) is 103 Å². The van der Waals surface area contributed by atoms with Gasteiger partial charge in [0.1, 0.15) is 34.6 Å². The molecule has 0 bridgehead atoms. The Bertz CT molecular complexity index is 1420. The van der Waals surface area contributed by atoms with Crippen molar-refractivity contribution in [2.24, 2.45) is 7.05 Å². The Morgan fingerprint density at radius 1 is 1.09 bits per heavy atom. The first-order valence-corrected chi connectivity index (χ1v) is 8.99. The lowest BCUT2D eigenvalue weighted by molar-refractivity contribution is -0.144. The van der Waals surface area contributed by atoms with E-state index in [9.17, 15) is 37.2 Å². The Morgan fingerprint density at radius 3 is 2.36 bits per heavy atom. The predicted octanol–water partition coefficient (Wildman–Crippen LogP) is 3.14. The average Bonchev–Trinajstić information content (AvgIpc) is 2.77. The van der Waals surface area contributed by atoms with E-state index in [2.05, 4.69) is 4.74 Å². The van der Waals surface area contributed by atoms with Crippen LogP contribution in [-0.4, -0.2) is 22.2 Å². The number of benzene rings is 2. The summed E-state index contributed by atoms with van der Waals surface area (Å²) in [6, 6.07) is 8.97. The van der Waals surface area contributed by atoms with Crippen LogP contribution in [-0.2, 0) is 18.0 Å². The maximum absolute atomic E-state index is 14.7. The fraction of sp³-hybridized carbons (Fsp3) is 0.143. The first-order chi connectivity index (χ1) is 15.5. The molecule has 0 saturated heterocycles. The number of aromatic nitrogens is 2. The second-order valence-corrected chi connectivity index (χ2v) is 6.54. The Hall–Kier alpha value is -4.40. The van der Waals surface area contributed by atoms with Gasteiger partial charge >= 0.3 is 17.8 Å². The van der Waals surface area contributed by atoms with Crippen LogP contribution < -0.4 is 16.0 Å². The molecule has 33 heavy (non-hydrogen) atoms. The molecule has 2 aromatic carbocycles. The van der Waals surface area contributed by atoms with E-state index in [1.54, 1.807) is 6.07 Å². The van der Waals surface area contributed by atoms with Crippen molar-refractivity contribution in [2.75, 3.05) is 7.11 Å². The molecule has 0 saturated carbocycles. The highest BCUT2D eigenvalue weighted by Gasteiger charge is 2.35. The van der Waals surface area contributed by atoms with Crippen LogP contribution in [0.2, 0.25) is 0 Å². The third-order valence-corrected chi connectivity index (χ3v) is 4.53. The quantitative estimate of drug-likeness (QED) is 0.435. The number of rotatable bonds is 4. The zero-order chi connectivity index (χ0) is 24.5. The van der Waals surface area contributed by atoms with E-state index in [0.29, 0.717) is 6.07 Å². The van der Waals surface area contributed by atoms with Crippen molar-refractivity contribution in [2.45, 2.75) is 6.18 Å². The van der Waals surface area contributed by atoms with Crippen LogP contribution in [0.4, 0.5) is 17.6 Å². The normalized spacial score (nSPS) is 11.1. The zero-order valence-electron chi connectivity index (χ0n) is 16.9. The molecule has 0 aliphatic rings. The highest BCUT2D eigenvalue weighted by Crippen LogP contribution is 2.32. The summed E-state index contributed by atoms with van der Waals surface area (Å²) in [5.41, 5.74) is -5.61.